The first-order valence-corrected chi connectivity index (χ1v) is 9.78. The molecule has 0 N–H and O–H groups in total. The molecule has 0 heterocycles. The van der Waals surface area contributed by atoms with E-state index in [1.807, 2.05) is 27.7 Å². The molecule has 0 saturated heterocycles. The lowest BCUT2D eigenvalue weighted by Crippen LogP contribution is -2.54. The van der Waals surface area contributed by atoms with Gasteiger partial charge < -0.3 is 4.90 Å². The van der Waals surface area contributed by atoms with Crippen molar-refractivity contribution in [1.29, 1.82) is 0 Å². The fourth-order valence-electron chi connectivity index (χ4n) is 3.02. The predicted octanol–water partition coefficient (Wildman–Crippen LogP) is 6.45. The first kappa shape index (κ1) is 25.1. The van der Waals surface area contributed by atoms with Gasteiger partial charge in [-0.25, -0.2) is 0 Å². The Morgan fingerprint density at radius 2 is 1.19 bits per heavy atom. The van der Waals surface area contributed by atoms with E-state index in [9.17, 15) is 26.7 Å². The highest BCUT2D eigenvalue weighted by Crippen LogP contribution is 2.37. The number of carbonyl (C=O) groups excluding carboxylic acids is 1. The molecule has 0 spiro atoms. The predicted molar refractivity (Wildman–Crippen MR) is 94.2 cm³/mol. The zero-order valence-corrected chi connectivity index (χ0v) is 16.5. The van der Waals surface area contributed by atoms with Gasteiger partial charge >= 0.3 is 18.0 Å². The molecule has 0 radical (unpaired) electrons. The Balaban J connectivity index is 5.40. The third-order valence-corrected chi connectivity index (χ3v) is 4.96. The molecule has 2 atom stereocenters. The van der Waals surface area contributed by atoms with E-state index >= 15 is 0 Å². The molecular weight excluding hydrogens is 353 g/mol. The van der Waals surface area contributed by atoms with Crippen LogP contribution in [0.1, 0.15) is 79.1 Å². The SMILES string of the molecule is CCCCC(CC)CN(CC(CC)CCCC)C(=O)C(F)(F)C(F)(F)F. The van der Waals surface area contributed by atoms with Gasteiger partial charge in [-0.3, -0.25) is 4.79 Å². The van der Waals surface area contributed by atoms with E-state index in [4.69, 9.17) is 0 Å². The summed E-state index contributed by atoms with van der Waals surface area (Å²) in [7, 11) is 0. The van der Waals surface area contributed by atoms with E-state index in [2.05, 4.69) is 0 Å². The summed E-state index contributed by atoms with van der Waals surface area (Å²) in [6.07, 6.45) is 0.431. The van der Waals surface area contributed by atoms with Crippen molar-refractivity contribution in [3.8, 4) is 0 Å². The molecule has 0 aromatic rings. The topological polar surface area (TPSA) is 20.3 Å². The van der Waals surface area contributed by atoms with Crippen LogP contribution in [0.3, 0.4) is 0 Å². The second-order valence-corrected chi connectivity index (χ2v) is 7.12. The van der Waals surface area contributed by atoms with Gasteiger partial charge in [-0.2, -0.15) is 22.0 Å². The van der Waals surface area contributed by atoms with Crippen LogP contribution in [0.4, 0.5) is 22.0 Å². The standard InChI is InChI=1S/C19H34F5NO/c1-5-9-11-15(7-3)13-25(14-16(8-4)12-10-6-2)17(26)18(20,21)19(22,23)24/h15-16H,5-14H2,1-4H3. The van der Waals surface area contributed by atoms with E-state index in [1.54, 1.807) is 0 Å². The van der Waals surface area contributed by atoms with Crippen LogP contribution < -0.4 is 0 Å². The van der Waals surface area contributed by atoms with Gasteiger partial charge in [-0.15, -0.1) is 0 Å². The second kappa shape index (κ2) is 11.8. The number of hydrogen-bond donors (Lipinski definition) is 0. The third-order valence-electron chi connectivity index (χ3n) is 4.96. The summed E-state index contributed by atoms with van der Waals surface area (Å²) in [5.41, 5.74) is 0. The van der Waals surface area contributed by atoms with Crippen molar-refractivity contribution in [2.75, 3.05) is 13.1 Å². The Hall–Kier alpha value is -0.880. The number of rotatable bonds is 13. The van der Waals surface area contributed by atoms with Gasteiger partial charge in [0.1, 0.15) is 0 Å². The summed E-state index contributed by atoms with van der Waals surface area (Å²) in [4.78, 5) is 12.9. The van der Waals surface area contributed by atoms with Gasteiger partial charge in [0.15, 0.2) is 0 Å². The molecule has 0 bridgehead atoms. The molecule has 7 heteroatoms. The van der Waals surface area contributed by atoms with Crippen LogP contribution in [-0.2, 0) is 4.79 Å². The van der Waals surface area contributed by atoms with Crippen molar-refractivity contribution < 1.29 is 26.7 Å². The molecule has 1 amide bonds. The van der Waals surface area contributed by atoms with Gasteiger partial charge in [-0.05, 0) is 24.7 Å². The van der Waals surface area contributed by atoms with Crippen molar-refractivity contribution in [2.45, 2.75) is 91.2 Å². The Kier molecular flexibility index (Phi) is 11.4. The first-order valence-electron chi connectivity index (χ1n) is 9.78. The fraction of sp³-hybridized carbons (Fsp3) is 0.947. The van der Waals surface area contributed by atoms with Gasteiger partial charge in [0, 0.05) is 13.1 Å². The Morgan fingerprint density at radius 1 is 0.808 bits per heavy atom. The maximum absolute atomic E-state index is 13.7. The van der Waals surface area contributed by atoms with Crippen molar-refractivity contribution >= 4 is 5.91 Å². The maximum atomic E-state index is 13.7. The van der Waals surface area contributed by atoms with Gasteiger partial charge in [0.2, 0.25) is 0 Å². The quantitative estimate of drug-likeness (QED) is 0.333. The Morgan fingerprint density at radius 3 is 1.46 bits per heavy atom. The minimum Gasteiger partial charge on any atom is -0.337 e. The van der Waals surface area contributed by atoms with Crippen LogP contribution in [0.2, 0.25) is 0 Å². The minimum absolute atomic E-state index is 0.0381. The number of amides is 1. The van der Waals surface area contributed by atoms with Crippen LogP contribution in [0.25, 0.3) is 0 Å². The number of carbonyl (C=O) groups is 1. The van der Waals surface area contributed by atoms with Crippen LogP contribution in [0.5, 0.6) is 0 Å². The Bertz CT molecular complexity index is 380. The van der Waals surface area contributed by atoms with Crippen molar-refractivity contribution in [3.63, 3.8) is 0 Å². The highest BCUT2D eigenvalue weighted by molar-refractivity contribution is 5.84. The van der Waals surface area contributed by atoms with Crippen LogP contribution >= 0.6 is 0 Å². The lowest BCUT2D eigenvalue weighted by molar-refractivity contribution is -0.274. The molecule has 0 aliphatic carbocycles. The smallest absolute Gasteiger partial charge is 0.337 e. The number of alkyl halides is 5. The summed E-state index contributed by atoms with van der Waals surface area (Å²) in [5.74, 6) is -7.56. The number of nitrogens with zero attached hydrogens (tertiary/aromatic N) is 1. The molecule has 0 aliphatic rings. The molecule has 0 saturated carbocycles. The van der Waals surface area contributed by atoms with E-state index in [-0.39, 0.29) is 24.9 Å². The number of hydrogen-bond acceptors (Lipinski definition) is 1. The zero-order valence-electron chi connectivity index (χ0n) is 16.5. The largest absolute Gasteiger partial charge is 0.463 e. The maximum Gasteiger partial charge on any atom is 0.463 e. The first-order chi connectivity index (χ1) is 12.0. The average molecular weight is 387 g/mol. The van der Waals surface area contributed by atoms with Crippen molar-refractivity contribution in [2.24, 2.45) is 11.8 Å². The Labute approximate surface area is 154 Å². The molecule has 2 unspecified atom stereocenters. The van der Waals surface area contributed by atoms with E-state index in [0.29, 0.717) is 12.8 Å². The van der Waals surface area contributed by atoms with E-state index in [0.717, 1.165) is 43.4 Å². The van der Waals surface area contributed by atoms with Gasteiger partial charge in [0.05, 0.1) is 0 Å². The third kappa shape index (κ3) is 7.78. The molecule has 0 rings (SSSR count). The number of unbranched alkanes of at least 4 members (excludes halogenated alkanes) is 2. The molecule has 0 aliphatic heterocycles. The van der Waals surface area contributed by atoms with Gasteiger partial charge in [-0.1, -0.05) is 66.2 Å². The molecule has 156 valence electrons. The summed E-state index contributed by atoms with van der Waals surface area (Å²) < 4.78 is 65.4. The molecule has 2 nitrogen and oxygen atoms in total. The van der Waals surface area contributed by atoms with Crippen LogP contribution in [0, 0.1) is 11.8 Å². The molecule has 0 aromatic heterocycles. The second-order valence-electron chi connectivity index (χ2n) is 7.12. The minimum atomic E-state index is -5.86. The van der Waals surface area contributed by atoms with E-state index < -0.39 is 18.0 Å². The van der Waals surface area contributed by atoms with Crippen molar-refractivity contribution in [3.05, 3.63) is 0 Å². The molecule has 0 aromatic carbocycles. The highest BCUT2D eigenvalue weighted by atomic mass is 19.4. The van der Waals surface area contributed by atoms with Crippen LogP contribution in [-0.4, -0.2) is 36.0 Å². The summed E-state index contributed by atoms with van der Waals surface area (Å²) in [6, 6.07) is 0. The summed E-state index contributed by atoms with van der Waals surface area (Å²) >= 11 is 0. The highest BCUT2D eigenvalue weighted by Gasteiger charge is 2.64. The summed E-state index contributed by atoms with van der Waals surface area (Å²) in [6.45, 7) is 7.66. The summed E-state index contributed by atoms with van der Waals surface area (Å²) in [5, 5.41) is 0. The normalized spacial score (nSPS) is 15.0. The molecular formula is C19H34F5NO. The zero-order chi connectivity index (χ0) is 20.4. The molecule has 0 fully saturated rings. The lowest BCUT2D eigenvalue weighted by Gasteiger charge is -2.33. The number of halogens is 5. The van der Waals surface area contributed by atoms with Crippen molar-refractivity contribution in [1.82, 2.24) is 4.90 Å². The van der Waals surface area contributed by atoms with Gasteiger partial charge in [0.25, 0.3) is 0 Å². The molecule has 26 heavy (non-hydrogen) atoms. The van der Waals surface area contributed by atoms with Crippen LogP contribution in [0.15, 0.2) is 0 Å². The fourth-order valence-corrected chi connectivity index (χ4v) is 3.02. The lowest BCUT2D eigenvalue weighted by atomic mass is 9.95. The average Bonchev–Trinajstić information content (AvgIpc) is 2.58. The monoisotopic (exact) mass is 387 g/mol. The van der Waals surface area contributed by atoms with E-state index in [1.165, 1.54) is 0 Å².